The van der Waals surface area contributed by atoms with Gasteiger partial charge in [0.05, 0.1) is 12.2 Å². The second-order valence-corrected chi connectivity index (χ2v) is 5.11. The third-order valence-electron chi connectivity index (χ3n) is 3.63. The Hall–Kier alpha value is -0.930. The molecule has 0 aliphatic carbocycles. The summed E-state index contributed by atoms with van der Waals surface area (Å²) < 4.78 is 14.0. The SMILES string of the molecule is CCC(CC(O)C(C)O)c1cc(C)c(C)cc1F. The van der Waals surface area contributed by atoms with Crippen molar-refractivity contribution in [3.63, 3.8) is 0 Å². The van der Waals surface area contributed by atoms with Crippen LogP contribution >= 0.6 is 0 Å². The molecule has 0 fully saturated rings. The molecule has 0 aromatic heterocycles. The van der Waals surface area contributed by atoms with Gasteiger partial charge in [0, 0.05) is 0 Å². The number of aliphatic hydroxyl groups excluding tert-OH is 2. The molecule has 0 aliphatic heterocycles. The zero-order chi connectivity index (χ0) is 13.9. The smallest absolute Gasteiger partial charge is 0.126 e. The Balaban J connectivity index is 2.98. The van der Waals surface area contributed by atoms with Crippen LogP contribution < -0.4 is 0 Å². The standard InChI is InChI=1S/C15H23FO2/c1-5-12(8-15(18)11(4)17)13-6-9(2)10(3)7-14(13)16/h6-7,11-12,15,17-18H,5,8H2,1-4H3. The second-order valence-electron chi connectivity index (χ2n) is 5.11. The summed E-state index contributed by atoms with van der Waals surface area (Å²) in [5.41, 5.74) is 2.62. The lowest BCUT2D eigenvalue weighted by Gasteiger charge is -2.22. The largest absolute Gasteiger partial charge is 0.391 e. The zero-order valence-electron chi connectivity index (χ0n) is 11.6. The summed E-state index contributed by atoms with van der Waals surface area (Å²) in [6.45, 7) is 7.35. The lowest BCUT2D eigenvalue weighted by molar-refractivity contribution is 0.0213. The number of aliphatic hydroxyl groups is 2. The van der Waals surface area contributed by atoms with Gasteiger partial charge >= 0.3 is 0 Å². The first kappa shape index (κ1) is 15.1. The van der Waals surface area contributed by atoms with Gasteiger partial charge in [-0.2, -0.15) is 0 Å². The van der Waals surface area contributed by atoms with E-state index in [1.54, 1.807) is 13.0 Å². The normalized spacial score (nSPS) is 16.4. The molecule has 0 heterocycles. The maximum absolute atomic E-state index is 14.0. The maximum atomic E-state index is 14.0. The summed E-state index contributed by atoms with van der Waals surface area (Å²) in [5, 5.41) is 19.1. The Bertz CT molecular complexity index is 402. The molecule has 1 aromatic rings. The van der Waals surface area contributed by atoms with E-state index in [1.807, 2.05) is 26.8 Å². The quantitative estimate of drug-likeness (QED) is 0.847. The molecule has 0 aliphatic rings. The summed E-state index contributed by atoms with van der Waals surface area (Å²) >= 11 is 0. The van der Waals surface area contributed by atoms with Crippen molar-refractivity contribution in [1.82, 2.24) is 0 Å². The zero-order valence-corrected chi connectivity index (χ0v) is 11.6. The van der Waals surface area contributed by atoms with Gasteiger partial charge in [0.2, 0.25) is 0 Å². The average Bonchev–Trinajstić information content (AvgIpc) is 2.30. The molecule has 0 spiro atoms. The van der Waals surface area contributed by atoms with Gasteiger partial charge in [-0.1, -0.05) is 13.0 Å². The van der Waals surface area contributed by atoms with Gasteiger partial charge in [0.25, 0.3) is 0 Å². The Morgan fingerprint density at radius 2 is 1.72 bits per heavy atom. The monoisotopic (exact) mass is 254 g/mol. The molecule has 3 atom stereocenters. The van der Waals surface area contributed by atoms with Crippen molar-refractivity contribution in [3.05, 3.63) is 34.6 Å². The molecule has 3 unspecified atom stereocenters. The first-order valence-corrected chi connectivity index (χ1v) is 6.49. The van der Waals surface area contributed by atoms with Crippen molar-refractivity contribution in [3.8, 4) is 0 Å². The molecule has 0 bridgehead atoms. The van der Waals surface area contributed by atoms with E-state index in [9.17, 15) is 14.6 Å². The van der Waals surface area contributed by atoms with Gasteiger partial charge in [0.1, 0.15) is 5.82 Å². The van der Waals surface area contributed by atoms with Crippen LogP contribution in [0.15, 0.2) is 12.1 Å². The second kappa shape index (κ2) is 6.30. The molecular formula is C15H23FO2. The summed E-state index contributed by atoms with van der Waals surface area (Å²) in [6.07, 6.45) is -0.471. The van der Waals surface area contributed by atoms with Crippen LogP contribution in [0.4, 0.5) is 4.39 Å². The van der Waals surface area contributed by atoms with E-state index >= 15 is 0 Å². The molecule has 1 aromatic carbocycles. The molecule has 0 saturated carbocycles. The van der Waals surface area contributed by atoms with Gasteiger partial charge in [0.15, 0.2) is 0 Å². The summed E-state index contributed by atoms with van der Waals surface area (Å²) in [4.78, 5) is 0. The highest BCUT2D eigenvalue weighted by Crippen LogP contribution is 2.29. The Morgan fingerprint density at radius 3 is 2.22 bits per heavy atom. The fourth-order valence-electron chi connectivity index (χ4n) is 2.12. The van der Waals surface area contributed by atoms with Crippen molar-refractivity contribution in [1.29, 1.82) is 0 Å². The van der Waals surface area contributed by atoms with Crippen molar-refractivity contribution in [2.45, 2.75) is 58.7 Å². The Morgan fingerprint density at radius 1 is 1.17 bits per heavy atom. The molecule has 0 radical (unpaired) electrons. The first-order valence-electron chi connectivity index (χ1n) is 6.49. The topological polar surface area (TPSA) is 40.5 Å². The number of hydrogen-bond acceptors (Lipinski definition) is 2. The third-order valence-corrected chi connectivity index (χ3v) is 3.63. The number of rotatable bonds is 5. The lowest BCUT2D eigenvalue weighted by atomic mass is 9.87. The molecule has 2 nitrogen and oxygen atoms in total. The molecule has 0 amide bonds. The maximum Gasteiger partial charge on any atom is 0.126 e. The van der Waals surface area contributed by atoms with Crippen LogP contribution in [-0.2, 0) is 0 Å². The van der Waals surface area contributed by atoms with E-state index in [1.165, 1.54) is 0 Å². The number of hydrogen-bond donors (Lipinski definition) is 2. The van der Waals surface area contributed by atoms with Gasteiger partial charge in [-0.05, 0) is 62.3 Å². The predicted octanol–water partition coefficient (Wildman–Crippen LogP) is 3.07. The molecular weight excluding hydrogens is 231 g/mol. The van der Waals surface area contributed by atoms with E-state index in [-0.39, 0.29) is 11.7 Å². The van der Waals surface area contributed by atoms with Crippen LogP contribution in [0.25, 0.3) is 0 Å². The summed E-state index contributed by atoms with van der Waals surface area (Å²) in [7, 11) is 0. The van der Waals surface area contributed by atoms with Crippen LogP contribution in [0.2, 0.25) is 0 Å². The minimum atomic E-state index is -0.809. The molecule has 0 saturated heterocycles. The Kier molecular flexibility index (Phi) is 5.29. The molecule has 2 N–H and O–H groups in total. The van der Waals surface area contributed by atoms with E-state index < -0.39 is 12.2 Å². The van der Waals surface area contributed by atoms with Crippen LogP contribution in [0.3, 0.4) is 0 Å². The summed E-state index contributed by atoms with van der Waals surface area (Å²) in [6, 6.07) is 3.40. The third kappa shape index (κ3) is 3.53. The van der Waals surface area contributed by atoms with Crippen LogP contribution in [0.1, 0.15) is 49.3 Å². The average molecular weight is 254 g/mol. The van der Waals surface area contributed by atoms with Crippen LogP contribution in [0.5, 0.6) is 0 Å². The van der Waals surface area contributed by atoms with E-state index in [0.717, 1.165) is 17.5 Å². The number of aryl methyl sites for hydroxylation is 2. The molecule has 102 valence electrons. The van der Waals surface area contributed by atoms with Gasteiger partial charge in [-0.3, -0.25) is 0 Å². The first-order chi connectivity index (χ1) is 8.36. The van der Waals surface area contributed by atoms with Crippen LogP contribution in [-0.4, -0.2) is 22.4 Å². The fraction of sp³-hybridized carbons (Fsp3) is 0.600. The van der Waals surface area contributed by atoms with Gasteiger partial charge in [-0.15, -0.1) is 0 Å². The van der Waals surface area contributed by atoms with Crippen LogP contribution in [0, 0.1) is 19.7 Å². The van der Waals surface area contributed by atoms with Crippen molar-refractivity contribution in [2.24, 2.45) is 0 Å². The highest BCUT2D eigenvalue weighted by Gasteiger charge is 2.21. The van der Waals surface area contributed by atoms with E-state index in [4.69, 9.17) is 0 Å². The Labute approximate surface area is 108 Å². The van der Waals surface area contributed by atoms with Crippen molar-refractivity contribution >= 4 is 0 Å². The van der Waals surface area contributed by atoms with Gasteiger partial charge < -0.3 is 10.2 Å². The minimum Gasteiger partial charge on any atom is -0.391 e. The molecule has 18 heavy (non-hydrogen) atoms. The molecule has 3 heteroatoms. The summed E-state index contributed by atoms with van der Waals surface area (Å²) in [5.74, 6) is -0.281. The van der Waals surface area contributed by atoms with E-state index in [2.05, 4.69) is 0 Å². The fourth-order valence-corrected chi connectivity index (χ4v) is 2.12. The highest BCUT2D eigenvalue weighted by molar-refractivity contribution is 5.33. The highest BCUT2D eigenvalue weighted by atomic mass is 19.1. The van der Waals surface area contributed by atoms with E-state index in [0.29, 0.717) is 12.0 Å². The van der Waals surface area contributed by atoms with Crippen molar-refractivity contribution < 1.29 is 14.6 Å². The number of halogens is 1. The van der Waals surface area contributed by atoms with Crippen molar-refractivity contribution in [2.75, 3.05) is 0 Å². The predicted molar refractivity (Wildman–Crippen MR) is 71.2 cm³/mol. The van der Waals surface area contributed by atoms with Gasteiger partial charge in [-0.25, -0.2) is 4.39 Å². The lowest BCUT2D eigenvalue weighted by Crippen LogP contribution is -2.25. The number of benzene rings is 1. The minimum absolute atomic E-state index is 0.0612. The molecule has 1 rings (SSSR count).